The van der Waals surface area contributed by atoms with Crippen molar-refractivity contribution in [2.24, 2.45) is 10.9 Å². The number of ether oxygens (including phenoxy) is 1. The number of carbonyl (C=O) groups is 1. The van der Waals surface area contributed by atoms with E-state index in [1.807, 2.05) is 43.3 Å². The minimum absolute atomic E-state index is 0.0925. The summed E-state index contributed by atoms with van der Waals surface area (Å²) in [6.07, 6.45) is 0.741. The lowest BCUT2D eigenvalue weighted by molar-refractivity contribution is -0.143. The molecule has 0 saturated heterocycles. The van der Waals surface area contributed by atoms with Crippen LogP contribution in [-0.2, 0) is 29.0 Å². The van der Waals surface area contributed by atoms with Crippen molar-refractivity contribution in [2.75, 3.05) is 6.61 Å². The summed E-state index contributed by atoms with van der Waals surface area (Å²) in [7, 11) is 0. The number of aromatic nitrogens is 3. The van der Waals surface area contributed by atoms with E-state index in [1.54, 1.807) is 13.0 Å². The van der Waals surface area contributed by atoms with Crippen molar-refractivity contribution in [3.05, 3.63) is 90.8 Å². The van der Waals surface area contributed by atoms with Gasteiger partial charge in [-0.25, -0.2) is 19.1 Å². The second kappa shape index (κ2) is 11.8. The standard InChI is InChI=1S/C26H31ClN4O4/c1-5-35-23(32)12-13-30-25(33)29-24(28-21-11-10-20(14-17(2)3)22(27)15-21)31(26(30)34)16-19-8-6-18(4)7-9-19/h6-11,15,17H,5,12-14,16H2,1-4H3,(H,28,29,33). The van der Waals surface area contributed by atoms with E-state index in [4.69, 9.17) is 16.3 Å². The van der Waals surface area contributed by atoms with Crippen LogP contribution in [0.2, 0.25) is 5.02 Å². The minimum Gasteiger partial charge on any atom is -0.466 e. The first-order chi connectivity index (χ1) is 16.7. The Kier molecular flexibility index (Phi) is 8.87. The van der Waals surface area contributed by atoms with Gasteiger partial charge in [-0.15, -0.1) is 0 Å². The molecule has 0 aliphatic carbocycles. The Morgan fingerprint density at radius 1 is 1.11 bits per heavy atom. The SMILES string of the molecule is CCOC(=O)CCn1c(=O)[nH]/c(=N\c2ccc(CC(C)C)c(Cl)c2)n(Cc2ccc(C)cc2)c1=O. The molecule has 0 aliphatic heterocycles. The summed E-state index contributed by atoms with van der Waals surface area (Å²) in [6.45, 7) is 8.23. The van der Waals surface area contributed by atoms with E-state index in [9.17, 15) is 14.4 Å². The van der Waals surface area contributed by atoms with Crippen molar-refractivity contribution in [3.8, 4) is 0 Å². The molecule has 2 aromatic carbocycles. The topological polar surface area (TPSA) is 98.4 Å². The summed E-state index contributed by atoms with van der Waals surface area (Å²) in [5, 5.41) is 0.579. The molecule has 3 aromatic rings. The summed E-state index contributed by atoms with van der Waals surface area (Å²) < 4.78 is 7.29. The van der Waals surface area contributed by atoms with Crippen molar-refractivity contribution >= 4 is 23.3 Å². The molecule has 0 spiro atoms. The number of carbonyl (C=O) groups excluding carboxylic acids is 1. The second-order valence-electron chi connectivity index (χ2n) is 8.80. The number of aromatic amines is 1. The second-order valence-corrected chi connectivity index (χ2v) is 9.21. The number of aryl methyl sites for hydroxylation is 1. The zero-order chi connectivity index (χ0) is 25.5. The molecule has 1 heterocycles. The molecule has 0 saturated carbocycles. The van der Waals surface area contributed by atoms with Crippen molar-refractivity contribution in [1.82, 2.24) is 14.1 Å². The predicted octanol–water partition coefficient (Wildman–Crippen LogP) is 3.73. The summed E-state index contributed by atoms with van der Waals surface area (Å²) in [5.74, 6) is -0.0284. The fraction of sp³-hybridized carbons (Fsp3) is 0.385. The highest BCUT2D eigenvalue weighted by molar-refractivity contribution is 6.31. The van der Waals surface area contributed by atoms with Crippen LogP contribution in [0.1, 0.15) is 43.9 Å². The van der Waals surface area contributed by atoms with Gasteiger partial charge in [-0.2, -0.15) is 0 Å². The zero-order valence-corrected chi connectivity index (χ0v) is 21.3. The molecule has 0 amide bonds. The number of esters is 1. The van der Waals surface area contributed by atoms with Crippen molar-refractivity contribution in [1.29, 1.82) is 0 Å². The van der Waals surface area contributed by atoms with Gasteiger partial charge in [-0.3, -0.25) is 14.3 Å². The molecule has 0 fully saturated rings. The highest BCUT2D eigenvalue weighted by atomic mass is 35.5. The average Bonchev–Trinajstić information content (AvgIpc) is 2.79. The fourth-order valence-corrected chi connectivity index (χ4v) is 3.88. The third kappa shape index (κ3) is 7.05. The molecular formula is C26H31ClN4O4. The van der Waals surface area contributed by atoms with Crippen LogP contribution in [0.5, 0.6) is 0 Å². The number of nitrogens with one attached hydrogen (secondary N) is 1. The Bertz CT molecular complexity index is 1370. The van der Waals surface area contributed by atoms with Crippen LogP contribution < -0.4 is 17.0 Å². The van der Waals surface area contributed by atoms with Crippen LogP contribution in [0, 0.1) is 12.8 Å². The van der Waals surface area contributed by atoms with E-state index in [1.165, 1.54) is 4.57 Å². The average molecular weight is 499 g/mol. The number of halogens is 1. The summed E-state index contributed by atoms with van der Waals surface area (Å²) in [6, 6.07) is 13.2. The Hall–Kier alpha value is -3.39. The van der Waals surface area contributed by atoms with Gasteiger partial charge in [0.05, 0.1) is 25.3 Å². The molecule has 1 N–H and O–H groups in total. The minimum atomic E-state index is -0.652. The molecule has 186 valence electrons. The van der Waals surface area contributed by atoms with Crippen molar-refractivity contribution < 1.29 is 9.53 Å². The Labute approximate surface area is 208 Å². The predicted molar refractivity (Wildman–Crippen MR) is 136 cm³/mol. The quantitative estimate of drug-likeness (QED) is 0.454. The smallest absolute Gasteiger partial charge is 0.335 e. The summed E-state index contributed by atoms with van der Waals surface area (Å²) >= 11 is 6.46. The monoisotopic (exact) mass is 498 g/mol. The first kappa shape index (κ1) is 26.2. The van der Waals surface area contributed by atoms with Gasteiger partial charge < -0.3 is 4.74 Å². The van der Waals surface area contributed by atoms with Gasteiger partial charge >= 0.3 is 17.3 Å². The Morgan fingerprint density at radius 2 is 1.83 bits per heavy atom. The lowest BCUT2D eigenvalue weighted by Crippen LogP contribution is -2.50. The molecule has 0 unspecified atom stereocenters. The van der Waals surface area contributed by atoms with Crippen LogP contribution in [0.4, 0.5) is 5.69 Å². The molecule has 0 bridgehead atoms. The van der Waals surface area contributed by atoms with E-state index >= 15 is 0 Å². The number of hydrogen-bond donors (Lipinski definition) is 1. The fourth-order valence-electron chi connectivity index (χ4n) is 3.63. The molecule has 8 nitrogen and oxygen atoms in total. The summed E-state index contributed by atoms with van der Waals surface area (Å²) in [4.78, 5) is 45.2. The van der Waals surface area contributed by atoms with Crippen LogP contribution in [-0.4, -0.2) is 26.7 Å². The van der Waals surface area contributed by atoms with E-state index in [0.29, 0.717) is 16.6 Å². The maximum absolute atomic E-state index is 13.4. The van der Waals surface area contributed by atoms with Gasteiger partial charge in [0.15, 0.2) is 0 Å². The van der Waals surface area contributed by atoms with Crippen molar-refractivity contribution in [3.63, 3.8) is 0 Å². The van der Waals surface area contributed by atoms with Gasteiger partial charge in [0.1, 0.15) is 0 Å². The van der Waals surface area contributed by atoms with Crippen LogP contribution >= 0.6 is 11.6 Å². The number of hydrogen-bond acceptors (Lipinski definition) is 5. The molecular weight excluding hydrogens is 468 g/mol. The van der Waals surface area contributed by atoms with Gasteiger partial charge in [-0.05, 0) is 49.4 Å². The first-order valence-electron chi connectivity index (χ1n) is 11.7. The van der Waals surface area contributed by atoms with E-state index in [2.05, 4.69) is 23.8 Å². The number of H-pyrrole nitrogens is 1. The highest BCUT2D eigenvalue weighted by Gasteiger charge is 2.12. The number of rotatable bonds is 9. The van der Waals surface area contributed by atoms with E-state index < -0.39 is 17.3 Å². The molecule has 35 heavy (non-hydrogen) atoms. The maximum atomic E-state index is 13.4. The normalized spacial score (nSPS) is 11.8. The third-order valence-corrected chi connectivity index (χ3v) is 5.74. The maximum Gasteiger partial charge on any atom is 0.335 e. The highest BCUT2D eigenvalue weighted by Crippen LogP contribution is 2.24. The molecule has 3 rings (SSSR count). The molecule has 1 aromatic heterocycles. The lowest BCUT2D eigenvalue weighted by atomic mass is 10.0. The Morgan fingerprint density at radius 3 is 2.46 bits per heavy atom. The van der Waals surface area contributed by atoms with Gasteiger partial charge in [0.2, 0.25) is 5.62 Å². The largest absolute Gasteiger partial charge is 0.466 e. The first-order valence-corrected chi connectivity index (χ1v) is 12.0. The van der Waals surface area contributed by atoms with Crippen LogP contribution in [0.3, 0.4) is 0 Å². The lowest BCUT2D eigenvalue weighted by Gasteiger charge is -2.12. The summed E-state index contributed by atoms with van der Waals surface area (Å²) in [5.41, 5.74) is 2.35. The van der Waals surface area contributed by atoms with Crippen LogP contribution in [0.15, 0.2) is 57.0 Å². The molecule has 0 atom stereocenters. The van der Waals surface area contributed by atoms with Gasteiger partial charge in [0, 0.05) is 11.6 Å². The molecule has 0 radical (unpaired) electrons. The molecule has 0 aliphatic rings. The van der Waals surface area contributed by atoms with E-state index in [-0.39, 0.29) is 31.7 Å². The Balaban J connectivity index is 2.09. The van der Waals surface area contributed by atoms with E-state index in [0.717, 1.165) is 27.7 Å². The zero-order valence-electron chi connectivity index (χ0n) is 20.5. The number of nitrogens with zero attached hydrogens (tertiary/aromatic N) is 3. The van der Waals surface area contributed by atoms with Gasteiger partial charge in [-0.1, -0.05) is 61.3 Å². The van der Waals surface area contributed by atoms with Crippen molar-refractivity contribution in [2.45, 2.75) is 53.6 Å². The third-order valence-electron chi connectivity index (χ3n) is 5.39. The molecule has 9 heteroatoms. The number of benzene rings is 2. The van der Waals surface area contributed by atoms with Crippen LogP contribution in [0.25, 0.3) is 0 Å². The van der Waals surface area contributed by atoms with Gasteiger partial charge in [0.25, 0.3) is 0 Å².